The Labute approximate surface area is 89.0 Å². The summed E-state index contributed by atoms with van der Waals surface area (Å²) in [4.78, 5) is 0. The van der Waals surface area contributed by atoms with E-state index in [0.717, 1.165) is 6.07 Å². The van der Waals surface area contributed by atoms with Crippen LogP contribution in [0.5, 0.6) is 5.75 Å². The van der Waals surface area contributed by atoms with Crippen LogP contribution in [0, 0.1) is 6.92 Å². The lowest BCUT2D eigenvalue weighted by Crippen LogP contribution is -2.34. The molecule has 0 aliphatic heterocycles. The highest BCUT2D eigenvalue weighted by molar-refractivity contribution is 5.64. The number of rotatable bonds is 3. The maximum absolute atomic E-state index is 12.6. The third kappa shape index (κ3) is 2.47. The summed E-state index contributed by atoms with van der Waals surface area (Å²) in [5, 5.41) is 0. The van der Waals surface area contributed by atoms with E-state index in [0.29, 0.717) is 0 Å². The van der Waals surface area contributed by atoms with Crippen LogP contribution in [0.15, 0.2) is 12.1 Å². The van der Waals surface area contributed by atoms with Crippen LogP contribution in [0.2, 0.25) is 0 Å². The molecule has 4 N–H and O–H groups in total. The predicted molar refractivity (Wildman–Crippen MR) is 51.6 cm³/mol. The van der Waals surface area contributed by atoms with Crippen molar-refractivity contribution in [1.82, 2.24) is 0 Å². The Morgan fingerprint density at radius 2 is 1.81 bits per heavy atom. The number of benzene rings is 1. The maximum Gasteiger partial charge on any atom is 0.461 e. The first kappa shape index (κ1) is 12.4. The van der Waals surface area contributed by atoms with Crippen LogP contribution in [-0.2, 0) is 0 Å². The van der Waals surface area contributed by atoms with E-state index >= 15 is 0 Å². The van der Waals surface area contributed by atoms with Gasteiger partial charge in [-0.2, -0.15) is 17.6 Å². The molecule has 1 aromatic rings. The molecule has 0 unspecified atom stereocenters. The smallest absolute Gasteiger partial charge is 0.426 e. The second-order valence-corrected chi connectivity index (χ2v) is 3.22. The zero-order chi connectivity index (χ0) is 12.5. The predicted octanol–water partition coefficient (Wildman–Crippen LogP) is 2.40. The molecule has 0 fully saturated rings. The number of aryl methyl sites for hydroxylation is 1. The molecule has 7 heteroatoms. The fraction of sp³-hybridized carbons (Fsp3) is 0.333. The van der Waals surface area contributed by atoms with Crippen LogP contribution in [0.1, 0.15) is 5.56 Å². The quantitative estimate of drug-likeness (QED) is 0.627. The van der Waals surface area contributed by atoms with Gasteiger partial charge in [0.25, 0.3) is 0 Å². The molecule has 0 heterocycles. The summed E-state index contributed by atoms with van der Waals surface area (Å²) in [6, 6.07) is 2.46. The van der Waals surface area contributed by atoms with E-state index in [1.165, 1.54) is 13.0 Å². The Balaban J connectivity index is 3.07. The van der Waals surface area contributed by atoms with Crippen molar-refractivity contribution in [2.75, 3.05) is 11.5 Å². The van der Waals surface area contributed by atoms with E-state index in [-0.39, 0.29) is 16.9 Å². The average molecular weight is 238 g/mol. The van der Waals surface area contributed by atoms with Gasteiger partial charge >= 0.3 is 12.5 Å². The monoisotopic (exact) mass is 238 g/mol. The number of ether oxygens (including phenoxy) is 1. The average Bonchev–Trinajstić information content (AvgIpc) is 2.11. The fourth-order valence-corrected chi connectivity index (χ4v) is 1.15. The van der Waals surface area contributed by atoms with Crippen LogP contribution in [0.4, 0.5) is 28.9 Å². The number of halogens is 4. The number of nitrogens with two attached hydrogens (primary N) is 2. The fourth-order valence-electron chi connectivity index (χ4n) is 1.15. The largest absolute Gasteiger partial charge is 0.461 e. The van der Waals surface area contributed by atoms with Gasteiger partial charge in [0.1, 0.15) is 0 Å². The van der Waals surface area contributed by atoms with Crippen molar-refractivity contribution in [2.45, 2.75) is 19.5 Å². The molecule has 0 bridgehead atoms. The number of hydrogen-bond acceptors (Lipinski definition) is 3. The van der Waals surface area contributed by atoms with Crippen molar-refractivity contribution in [3.05, 3.63) is 17.7 Å². The first-order valence-corrected chi connectivity index (χ1v) is 4.24. The second kappa shape index (κ2) is 4.07. The molecule has 0 amide bonds. The molecule has 0 saturated heterocycles. The SMILES string of the molecule is Cc1cc(N)cc(N)c1OC(F)(F)C(F)F. The number of hydrogen-bond donors (Lipinski definition) is 2. The number of nitrogen functional groups attached to an aromatic ring is 2. The number of alkyl halides is 4. The van der Waals surface area contributed by atoms with E-state index in [4.69, 9.17) is 11.5 Å². The van der Waals surface area contributed by atoms with Crippen molar-refractivity contribution in [3.8, 4) is 5.75 Å². The summed E-state index contributed by atoms with van der Waals surface area (Å²) in [5.74, 6) is -0.487. The van der Waals surface area contributed by atoms with E-state index in [9.17, 15) is 17.6 Å². The van der Waals surface area contributed by atoms with E-state index in [1.54, 1.807) is 0 Å². The first-order valence-electron chi connectivity index (χ1n) is 4.24. The second-order valence-electron chi connectivity index (χ2n) is 3.22. The zero-order valence-electron chi connectivity index (χ0n) is 8.31. The normalized spacial score (nSPS) is 11.9. The summed E-state index contributed by atoms with van der Waals surface area (Å²) >= 11 is 0. The molecule has 0 spiro atoms. The van der Waals surface area contributed by atoms with Gasteiger partial charge in [-0.05, 0) is 24.6 Å². The van der Waals surface area contributed by atoms with Gasteiger partial charge in [0.15, 0.2) is 5.75 Å². The minimum Gasteiger partial charge on any atom is -0.426 e. The third-order valence-electron chi connectivity index (χ3n) is 1.82. The van der Waals surface area contributed by atoms with Gasteiger partial charge in [-0.3, -0.25) is 0 Å². The van der Waals surface area contributed by atoms with Crippen LogP contribution in [-0.4, -0.2) is 12.5 Å². The minimum atomic E-state index is -4.57. The molecule has 0 aromatic heterocycles. The molecule has 16 heavy (non-hydrogen) atoms. The molecule has 1 rings (SSSR count). The Morgan fingerprint density at radius 1 is 1.25 bits per heavy atom. The van der Waals surface area contributed by atoms with E-state index in [1.807, 2.05) is 0 Å². The molecule has 90 valence electrons. The van der Waals surface area contributed by atoms with Crippen LogP contribution in [0.25, 0.3) is 0 Å². The first-order chi connectivity index (χ1) is 7.24. The highest BCUT2D eigenvalue weighted by atomic mass is 19.3. The molecule has 0 saturated carbocycles. The van der Waals surface area contributed by atoms with Gasteiger partial charge in [-0.1, -0.05) is 0 Å². The van der Waals surface area contributed by atoms with Crippen LogP contribution in [0.3, 0.4) is 0 Å². The zero-order valence-corrected chi connectivity index (χ0v) is 8.31. The van der Waals surface area contributed by atoms with Crippen molar-refractivity contribution in [2.24, 2.45) is 0 Å². The van der Waals surface area contributed by atoms with Gasteiger partial charge in [-0.25, -0.2) is 0 Å². The van der Waals surface area contributed by atoms with Gasteiger partial charge in [-0.15, -0.1) is 0 Å². The lowest BCUT2D eigenvalue weighted by atomic mass is 10.1. The van der Waals surface area contributed by atoms with Crippen molar-refractivity contribution < 1.29 is 22.3 Å². The van der Waals surface area contributed by atoms with Crippen molar-refractivity contribution >= 4 is 11.4 Å². The molecular weight excluding hydrogens is 228 g/mol. The highest BCUT2D eigenvalue weighted by Gasteiger charge is 2.44. The Hall–Kier alpha value is -1.66. The lowest BCUT2D eigenvalue weighted by Gasteiger charge is -2.19. The van der Waals surface area contributed by atoms with Crippen LogP contribution < -0.4 is 16.2 Å². The summed E-state index contributed by atoms with van der Waals surface area (Å²) < 4.78 is 53.0. The summed E-state index contributed by atoms with van der Waals surface area (Å²) in [6.07, 6.45) is -8.50. The van der Waals surface area contributed by atoms with E-state index < -0.39 is 18.3 Å². The standard InChI is InChI=1S/C9H10F4N2O/c1-4-2-5(14)3-6(15)7(4)16-9(12,13)8(10)11/h2-3,8H,14-15H2,1H3. The van der Waals surface area contributed by atoms with Crippen molar-refractivity contribution in [3.63, 3.8) is 0 Å². The number of anilines is 2. The molecule has 0 aliphatic carbocycles. The van der Waals surface area contributed by atoms with Gasteiger partial charge in [0, 0.05) is 5.69 Å². The van der Waals surface area contributed by atoms with Gasteiger partial charge in [0.2, 0.25) is 0 Å². The minimum absolute atomic E-state index is 0.165. The molecule has 0 aliphatic rings. The molecular formula is C9H10F4N2O. The molecule has 0 atom stereocenters. The Kier molecular flexibility index (Phi) is 3.16. The topological polar surface area (TPSA) is 61.3 Å². The Bertz CT molecular complexity index is 372. The summed E-state index contributed by atoms with van der Waals surface area (Å²) in [5.41, 5.74) is 10.9. The third-order valence-corrected chi connectivity index (χ3v) is 1.82. The van der Waals surface area contributed by atoms with Crippen LogP contribution >= 0.6 is 0 Å². The summed E-state index contributed by atoms with van der Waals surface area (Å²) in [7, 11) is 0. The van der Waals surface area contributed by atoms with Gasteiger partial charge < -0.3 is 16.2 Å². The highest BCUT2D eigenvalue weighted by Crippen LogP contribution is 2.35. The lowest BCUT2D eigenvalue weighted by molar-refractivity contribution is -0.253. The molecule has 0 radical (unpaired) electrons. The molecule has 1 aromatic carbocycles. The van der Waals surface area contributed by atoms with E-state index in [2.05, 4.69) is 4.74 Å². The Morgan fingerprint density at radius 3 is 2.25 bits per heavy atom. The molecule has 3 nitrogen and oxygen atoms in total. The summed E-state index contributed by atoms with van der Waals surface area (Å²) in [6.45, 7) is 1.38. The van der Waals surface area contributed by atoms with Crippen molar-refractivity contribution in [1.29, 1.82) is 0 Å². The maximum atomic E-state index is 12.6. The van der Waals surface area contributed by atoms with Gasteiger partial charge in [0.05, 0.1) is 5.69 Å².